The maximum atomic E-state index is 12.3. The maximum Gasteiger partial charge on any atom is 0.308 e. The molecule has 0 atom stereocenters. The third-order valence-corrected chi connectivity index (χ3v) is 4.28. The van der Waals surface area contributed by atoms with Gasteiger partial charge < -0.3 is 19.1 Å². The Hall–Kier alpha value is -2.50. The highest BCUT2D eigenvalue weighted by Gasteiger charge is 2.28. The van der Waals surface area contributed by atoms with Crippen molar-refractivity contribution in [2.24, 2.45) is 5.92 Å². The number of esters is 1. The average molecular weight is 347 g/mol. The van der Waals surface area contributed by atoms with Gasteiger partial charge in [-0.3, -0.25) is 9.59 Å². The minimum absolute atomic E-state index is 0.0534. The summed E-state index contributed by atoms with van der Waals surface area (Å²) in [5.41, 5.74) is 1.00. The van der Waals surface area contributed by atoms with Crippen LogP contribution in [0.1, 0.15) is 25.3 Å². The van der Waals surface area contributed by atoms with E-state index in [1.165, 1.54) is 7.11 Å². The van der Waals surface area contributed by atoms with Gasteiger partial charge in [0.05, 0.1) is 20.1 Å². The third-order valence-electron chi connectivity index (χ3n) is 4.28. The van der Waals surface area contributed by atoms with E-state index in [1.54, 1.807) is 18.1 Å². The van der Waals surface area contributed by atoms with Crippen LogP contribution in [0.15, 0.2) is 24.3 Å². The minimum Gasteiger partial charge on any atom is -0.493 e. The Morgan fingerprint density at radius 2 is 1.92 bits per heavy atom. The van der Waals surface area contributed by atoms with Gasteiger partial charge >= 0.3 is 5.97 Å². The first-order chi connectivity index (χ1) is 12.1. The van der Waals surface area contributed by atoms with Crippen LogP contribution in [0.25, 0.3) is 6.08 Å². The van der Waals surface area contributed by atoms with E-state index in [9.17, 15) is 9.59 Å². The molecule has 0 radical (unpaired) electrons. The number of hydrogen-bond acceptors (Lipinski definition) is 5. The lowest BCUT2D eigenvalue weighted by Crippen LogP contribution is -2.42. The summed E-state index contributed by atoms with van der Waals surface area (Å²) in [6.45, 7) is 2.97. The summed E-state index contributed by atoms with van der Waals surface area (Å²) in [5, 5.41) is 0. The Kier molecular flexibility index (Phi) is 6.86. The van der Waals surface area contributed by atoms with Crippen molar-refractivity contribution in [1.29, 1.82) is 0 Å². The molecule has 1 aliphatic heterocycles. The lowest BCUT2D eigenvalue weighted by Gasteiger charge is -2.30. The maximum absolute atomic E-state index is 12.3. The molecule has 1 amide bonds. The number of benzene rings is 1. The molecule has 0 aliphatic carbocycles. The monoisotopic (exact) mass is 347 g/mol. The van der Waals surface area contributed by atoms with E-state index in [0.29, 0.717) is 37.4 Å². The second kappa shape index (κ2) is 9.11. The van der Waals surface area contributed by atoms with Crippen LogP contribution < -0.4 is 9.47 Å². The highest BCUT2D eigenvalue weighted by atomic mass is 16.5. The summed E-state index contributed by atoms with van der Waals surface area (Å²) in [6.07, 6.45) is 5.15. The van der Waals surface area contributed by atoms with Crippen LogP contribution >= 0.6 is 0 Å². The van der Waals surface area contributed by atoms with E-state index in [0.717, 1.165) is 5.56 Å². The highest BCUT2D eigenvalue weighted by molar-refractivity contribution is 5.78. The topological polar surface area (TPSA) is 65.1 Å². The van der Waals surface area contributed by atoms with E-state index in [1.807, 2.05) is 31.2 Å². The number of allylic oxidation sites excluding steroid dienone is 1. The molecule has 25 heavy (non-hydrogen) atoms. The summed E-state index contributed by atoms with van der Waals surface area (Å²) in [6, 6.07) is 5.57. The Bertz CT molecular complexity index is 633. The second-order valence-corrected chi connectivity index (χ2v) is 5.88. The predicted octanol–water partition coefficient (Wildman–Crippen LogP) is 2.52. The largest absolute Gasteiger partial charge is 0.493 e. The molecular weight excluding hydrogens is 322 g/mol. The first-order valence-corrected chi connectivity index (χ1v) is 8.38. The Balaban J connectivity index is 1.89. The van der Waals surface area contributed by atoms with Gasteiger partial charge in [-0.2, -0.15) is 0 Å². The normalized spacial score (nSPS) is 15.2. The fraction of sp³-hybridized carbons (Fsp3) is 0.474. The average Bonchev–Trinajstić information content (AvgIpc) is 2.66. The Morgan fingerprint density at radius 1 is 1.20 bits per heavy atom. The van der Waals surface area contributed by atoms with Gasteiger partial charge in [-0.25, -0.2) is 0 Å². The van der Waals surface area contributed by atoms with Crippen molar-refractivity contribution in [2.75, 3.05) is 33.9 Å². The van der Waals surface area contributed by atoms with Gasteiger partial charge in [0.1, 0.15) is 0 Å². The number of amides is 1. The molecule has 1 aromatic carbocycles. The summed E-state index contributed by atoms with van der Waals surface area (Å²) in [5.74, 6) is 0.716. The van der Waals surface area contributed by atoms with E-state index in [2.05, 4.69) is 0 Å². The van der Waals surface area contributed by atoms with Crippen molar-refractivity contribution in [1.82, 2.24) is 4.90 Å². The fourth-order valence-corrected chi connectivity index (χ4v) is 2.86. The molecule has 1 fully saturated rings. The van der Waals surface area contributed by atoms with Crippen molar-refractivity contribution >= 4 is 18.0 Å². The van der Waals surface area contributed by atoms with Crippen LogP contribution in [0, 0.1) is 5.92 Å². The quantitative estimate of drug-likeness (QED) is 0.740. The second-order valence-electron chi connectivity index (χ2n) is 5.88. The molecule has 0 spiro atoms. The van der Waals surface area contributed by atoms with Crippen molar-refractivity contribution in [3.05, 3.63) is 29.8 Å². The number of rotatable bonds is 6. The number of carbonyl (C=O) groups is 2. The van der Waals surface area contributed by atoms with Gasteiger partial charge in [-0.1, -0.05) is 18.2 Å². The summed E-state index contributed by atoms with van der Waals surface area (Å²) >= 11 is 0. The van der Waals surface area contributed by atoms with Gasteiger partial charge in [0.15, 0.2) is 18.1 Å². The number of ether oxygens (including phenoxy) is 3. The molecule has 0 unspecified atom stereocenters. The summed E-state index contributed by atoms with van der Waals surface area (Å²) in [4.78, 5) is 25.6. The zero-order chi connectivity index (χ0) is 18.2. The molecular formula is C19H25NO5. The fourth-order valence-electron chi connectivity index (χ4n) is 2.86. The lowest BCUT2D eigenvalue weighted by molar-refractivity contribution is -0.149. The zero-order valence-corrected chi connectivity index (χ0v) is 15.0. The molecule has 1 aliphatic rings. The molecule has 0 saturated carbocycles. The molecule has 6 nitrogen and oxygen atoms in total. The van der Waals surface area contributed by atoms with E-state index < -0.39 is 0 Å². The van der Waals surface area contributed by atoms with Crippen LogP contribution in [-0.4, -0.2) is 50.7 Å². The SMILES string of the molecule is C/C=C\c1ccc(OCC(=O)N2CCC(C(=O)OC)CC2)c(OC)c1. The van der Waals surface area contributed by atoms with Crippen molar-refractivity contribution < 1.29 is 23.8 Å². The smallest absolute Gasteiger partial charge is 0.308 e. The molecule has 6 heteroatoms. The van der Waals surface area contributed by atoms with E-state index in [4.69, 9.17) is 14.2 Å². The van der Waals surface area contributed by atoms with Crippen molar-refractivity contribution in [2.45, 2.75) is 19.8 Å². The van der Waals surface area contributed by atoms with Gasteiger partial charge in [-0.05, 0) is 37.5 Å². The van der Waals surface area contributed by atoms with Crippen LogP contribution in [0.3, 0.4) is 0 Å². The number of piperidine rings is 1. The number of nitrogens with zero attached hydrogens (tertiary/aromatic N) is 1. The third kappa shape index (κ3) is 4.98. The molecule has 0 aromatic heterocycles. The van der Waals surface area contributed by atoms with Gasteiger partial charge in [0, 0.05) is 13.1 Å². The van der Waals surface area contributed by atoms with Crippen LogP contribution in [0.5, 0.6) is 11.5 Å². The van der Waals surface area contributed by atoms with Gasteiger partial charge in [0.2, 0.25) is 0 Å². The molecule has 1 aromatic rings. The first-order valence-electron chi connectivity index (χ1n) is 8.38. The number of hydrogen-bond donors (Lipinski definition) is 0. The Labute approximate surface area is 148 Å². The molecule has 2 rings (SSSR count). The lowest BCUT2D eigenvalue weighted by atomic mass is 9.97. The number of methoxy groups -OCH3 is 2. The van der Waals surface area contributed by atoms with E-state index >= 15 is 0 Å². The summed E-state index contributed by atoms with van der Waals surface area (Å²) in [7, 11) is 2.96. The number of carbonyl (C=O) groups excluding carboxylic acids is 2. The van der Waals surface area contributed by atoms with Crippen LogP contribution in [-0.2, 0) is 14.3 Å². The van der Waals surface area contributed by atoms with Crippen LogP contribution in [0.2, 0.25) is 0 Å². The van der Waals surface area contributed by atoms with E-state index in [-0.39, 0.29) is 24.4 Å². The predicted molar refractivity (Wildman–Crippen MR) is 94.5 cm³/mol. The Morgan fingerprint density at radius 3 is 2.52 bits per heavy atom. The summed E-state index contributed by atoms with van der Waals surface area (Å²) < 4.78 is 15.7. The van der Waals surface area contributed by atoms with Crippen LogP contribution in [0.4, 0.5) is 0 Å². The molecule has 0 N–H and O–H groups in total. The minimum atomic E-state index is -0.200. The number of likely N-dealkylation sites (tertiary alicyclic amines) is 1. The molecule has 1 heterocycles. The highest BCUT2D eigenvalue weighted by Crippen LogP contribution is 2.28. The van der Waals surface area contributed by atoms with Crippen molar-refractivity contribution in [3.8, 4) is 11.5 Å². The zero-order valence-electron chi connectivity index (χ0n) is 15.0. The van der Waals surface area contributed by atoms with Gasteiger partial charge in [0.25, 0.3) is 5.91 Å². The molecule has 0 bridgehead atoms. The van der Waals surface area contributed by atoms with Crippen molar-refractivity contribution in [3.63, 3.8) is 0 Å². The first kappa shape index (κ1) is 18.8. The van der Waals surface area contributed by atoms with Gasteiger partial charge in [-0.15, -0.1) is 0 Å². The standard InChI is InChI=1S/C19H25NO5/c1-4-5-14-6-7-16(17(12-14)23-2)25-13-18(21)20-10-8-15(9-11-20)19(22)24-3/h4-7,12,15H,8-11,13H2,1-3H3/b5-4-. The molecule has 1 saturated heterocycles. The molecule has 136 valence electrons.